The number of para-hydroxylation sites is 1. The first kappa shape index (κ1) is 30.1. The minimum Gasteiger partial charge on any atom is -0.394 e. The van der Waals surface area contributed by atoms with Crippen molar-refractivity contribution in [3.05, 3.63) is 149 Å². The molecule has 0 radical (unpaired) electrons. The van der Waals surface area contributed by atoms with Crippen LogP contribution in [0, 0.1) is 40.0 Å². The first-order chi connectivity index (χ1) is 23.3. The predicted octanol–water partition coefficient (Wildman–Crippen LogP) is 8.97. The number of nitrogens with one attached hydrogen (secondary N) is 2. The number of nitrogens with two attached hydrogens (primary N) is 1. The molecule has 1 aliphatic carbocycles. The average molecular weight is 639 g/mol. The summed E-state index contributed by atoms with van der Waals surface area (Å²) in [5.74, 6) is -6.95. The zero-order valence-corrected chi connectivity index (χ0v) is 24.8. The lowest BCUT2D eigenvalue weighted by molar-refractivity contribution is 0.456. The van der Waals surface area contributed by atoms with Crippen LogP contribution in [-0.2, 0) is 0 Å². The molecule has 10 heteroatoms. The fourth-order valence-electron chi connectivity index (χ4n) is 5.71. The number of pyridine rings is 1. The van der Waals surface area contributed by atoms with E-state index >= 15 is 8.78 Å². The molecule has 0 fully saturated rings. The Labute approximate surface area is 271 Å². The van der Waals surface area contributed by atoms with Crippen LogP contribution in [0.15, 0.2) is 108 Å². The van der Waals surface area contributed by atoms with E-state index in [9.17, 15) is 19.5 Å². The number of aromatic nitrogens is 1. The molecule has 0 unspecified atom stereocenters. The van der Waals surface area contributed by atoms with E-state index in [1.165, 1.54) is 6.08 Å². The van der Waals surface area contributed by atoms with Crippen molar-refractivity contribution in [2.24, 2.45) is 5.10 Å². The molecule has 1 heterocycles. The normalized spacial score (nSPS) is 13.3. The van der Waals surface area contributed by atoms with E-state index in [1.54, 1.807) is 72.8 Å². The Morgan fingerprint density at radius 3 is 2.00 bits per heavy atom. The third-order valence-corrected chi connectivity index (χ3v) is 8.09. The molecule has 0 bridgehead atoms. The quantitative estimate of drug-likeness (QED) is 0.0758. The van der Waals surface area contributed by atoms with Crippen LogP contribution >= 0.6 is 0 Å². The summed E-state index contributed by atoms with van der Waals surface area (Å²) < 4.78 is 60.9. The molecule has 0 atom stereocenters. The third-order valence-electron chi connectivity index (χ3n) is 8.09. The molecule has 6 aromatic rings. The van der Waals surface area contributed by atoms with Crippen LogP contribution in [0.1, 0.15) is 22.3 Å². The summed E-state index contributed by atoms with van der Waals surface area (Å²) in [6, 6.07) is 32.2. The first-order valence-corrected chi connectivity index (χ1v) is 14.6. The molecule has 0 saturated carbocycles. The van der Waals surface area contributed by atoms with Gasteiger partial charge in [-0.25, -0.2) is 22.5 Å². The molecule has 0 aliphatic heterocycles. The van der Waals surface area contributed by atoms with Gasteiger partial charge < -0.3 is 5.73 Å². The Bertz CT molecular complexity index is 2350. The SMILES string of the molecule is N#Cc1ccc(-c2ccc3c4c(c(-c5ccccc5)nc3c2)C=C(c2c(F)c(F)c(N)c(F)c2F)/C(=N/Nc2ccccc2)C4=N)cc1. The monoisotopic (exact) mass is 638 g/mol. The van der Waals surface area contributed by atoms with Crippen molar-refractivity contribution >= 4 is 45.4 Å². The molecule has 6 nitrogen and oxygen atoms in total. The molecule has 232 valence electrons. The Hall–Kier alpha value is -6.60. The molecule has 48 heavy (non-hydrogen) atoms. The zero-order valence-electron chi connectivity index (χ0n) is 24.8. The number of hydrazone groups is 1. The lowest BCUT2D eigenvalue weighted by atomic mass is 9.81. The van der Waals surface area contributed by atoms with Crippen molar-refractivity contribution in [2.45, 2.75) is 0 Å². The highest BCUT2D eigenvalue weighted by atomic mass is 19.2. The van der Waals surface area contributed by atoms with Crippen molar-refractivity contribution in [3.8, 4) is 28.5 Å². The molecular formula is C38H22F4N6. The maximum atomic E-state index is 15.6. The van der Waals surface area contributed by atoms with E-state index in [2.05, 4.69) is 16.6 Å². The van der Waals surface area contributed by atoms with Gasteiger partial charge in [0, 0.05) is 27.6 Å². The number of anilines is 2. The Morgan fingerprint density at radius 1 is 0.729 bits per heavy atom. The number of allylic oxidation sites excluding steroid dienone is 1. The molecule has 0 saturated heterocycles. The number of halogens is 4. The van der Waals surface area contributed by atoms with Gasteiger partial charge in [-0.1, -0.05) is 72.8 Å². The predicted molar refractivity (Wildman–Crippen MR) is 180 cm³/mol. The van der Waals surface area contributed by atoms with E-state index in [4.69, 9.17) is 10.7 Å². The standard InChI is InChI=1S/C38H22F4N6/c39-31-30(32(40)34(42)36(45)33(31)41)27-18-26-29(35(44)38(27)48-47-24-9-5-2-6-10-24)25-16-15-23(21-13-11-20(19-43)12-14-21)17-28(25)46-37(26)22-7-3-1-4-8-22/h1-18,44,47H,45H2/b44-35?,48-38-. The number of hydrogen-bond donors (Lipinski definition) is 3. The second-order valence-electron chi connectivity index (χ2n) is 11.0. The van der Waals surface area contributed by atoms with Gasteiger partial charge in [-0.2, -0.15) is 10.4 Å². The molecule has 7 rings (SSSR count). The summed E-state index contributed by atoms with van der Waals surface area (Å²) >= 11 is 0. The zero-order chi connectivity index (χ0) is 33.5. The van der Waals surface area contributed by atoms with Gasteiger partial charge in [0.05, 0.1) is 39.8 Å². The average Bonchev–Trinajstić information content (AvgIpc) is 3.13. The lowest BCUT2D eigenvalue weighted by Crippen LogP contribution is -2.25. The van der Waals surface area contributed by atoms with Crippen molar-refractivity contribution in [1.82, 2.24) is 4.98 Å². The molecule has 0 amide bonds. The summed E-state index contributed by atoms with van der Waals surface area (Å²) in [7, 11) is 0. The van der Waals surface area contributed by atoms with Crippen molar-refractivity contribution in [3.63, 3.8) is 0 Å². The number of nitriles is 1. The smallest absolute Gasteiger partial charge is 0.185 e. The van der Waals surface area contributed by atoms with Crippen LogP contribution in [0.2, 0.25) is 0 Å². The van der Waals surface area contributed by atoms with E-state index in [0.717, 1.165) is 11.1 Å². The largest absolute Gasteiger partial charge is 0.394 e. The van der Waals surface area contributed by atoms with Crippen LogP contribution in [0.4, 0.5) is 28.9 Å². The van der Waals surface area contributed by atoms with Gasteiger partial charge >= 0.3 is 0 Å². The van der Waals surface area contributed by atoms with Gasteiger partial charge in [0.25, 0.3) is 0 Å². The van der Waals surface area contributed by atoms with Crippen LogP contribution in [0.3, 0.4) is 0 Å². The molecular weight excluding hydrogens is 616 g/mol. The highest BCUT2D eigenvalue weighted by Crippen LogP contribution is 2.41. The van der Waals surface area contributed by atoms with E-state index in [1.807, 2.05) is 30.3 Å². The topological polar surface area (TPSA) is 111 Å². The number of rotatable bonds is 5. The van der Waals surface area contributed by atoms with Gasteiger partial charge in [-0.05, 0) is 47.5 Å². The van der Waals surface area contributed by atoms with Crippen molar-refractivity contribution < 1.29 is 17.6 Å². The number of nitrogen functional groups attached to an aromatic ring is 1. The molecule has 4 N–H and O–H groups in total. The Balaban J connectivity index is 1.54. The Morgan fingerprint density at radius 2 is 1.35 bits per heavy atom. The number of benzene rings is 5. The van der Waals surface area contributed by atoms with Crippen LogP contribution in [0.5, 0.6) is 0 Å². The number of hydrogen-bond acceptors (Lipinski definition) is 6. The highest BCUT2D eigenvalue weighted by Gasteiger charge is 2.34. The van der Waals surface area contributed by atoms with Gasteiger partial charge in [-0.3, -0.25) is 10.8 Å². The molecule has 5 aromatic carbocycles. The van der Waals surface area contributed by atoms with Crippen molar-refractivity contribution in [1.29, 1.82) is 10.7 Å². The van der Waals surface area contributed by atoms with Gasteiger partial charge in [0.2, 0.25) is 0 Å². The van der Waals surface area contributed by atoms with Gasteiger partial charge in [0.1, 0.15) is 11.4 Å². The number of nitrogens with zero attached hydrogens (tertiary/aromatic N) is 3. The van der Waals surface area contributed by atoms with E-state index in [-0.39, 0.29) is 17.0 Å². The summed E-state index contributed by atoms with van der Waals surface area (Å²) in [5.41, 5.74) is 9.65. The fraction of sp³-hybridized carbons (Fsp3) is 0. The maximum Gasteiger partial charge on any atom is 0.185 e. The van der Waals surface area contributed by atoms with Gasteiger partial charge in [-0.15, -0.1) is 0 Å². The highest BCUT2D eigenvalue weighted by molar-refractivity contribution is 6.65. The summed E-state index contributed by atoms with van der Waals surface area (Å²) in [5, 5.41) is 23.6. The number of fused-ring (bicyclic) bond motifs is 3. The maximum absolute atomic E-state index is 15.6. The van der Waals surface area contributed by atoms with Gasteiger partial charge in [0.15, 0.2) is 23.3 Å². The molecule has 0 spiro atoms. The van der Waals surface area contributed by atoms with Crippen LogP contribution < -0.4 is 11.2 Å². The summed E-state index contributed by atoms with van der Waals surface area (Å²) in [6.07, 6.45) is 1.35. The first-order valence-electron chi connectivity index (χ1n) is 14.6. The second kappa shape index (κ2) is 12.0. The van der Waals surface area contributed by atoms with E-state index in [0.29, 0.717) is 44.5 Å². The summed E-state index contributed by atoms with van der Waals surface area (Å²) in [6.45, 7) is 0. The minimum absolute atomic E-state index is 0.266. The summed E-state index contributed by atoms with van der Waals surface area (Å²) in [4.78, 5) is 4.95. The second-order valence-corrected chi connectivity index (χ2v) is 11.0. The molecule has 1 aromatic heterocycles. The van der Waals surface area contributed by atoms with E-state index < -0.39 is 34.5 Å². The minimum atomic E-state index is -1.76. The molecule has 1 aliphatic rings. The third kappa shape index (κ3) is 5.04. The van der Waals surface area contributed by atoms with Crippen molar-refractivity contribution in [2.75, 3.05) is 11.2 Å². The lowest BCUT2D eigenvalue weighted by Gasteiger charge is -2.25. The van der Waals surface area contributed by atoms with Crippen LogP contribution in [-0.4, -0.2) is 16.4 Å². The van der Waals surface area contributed by atoms with Crippen LogP contribution in [0.25, 0.3) is 44.9 Å². The Kier molecular flexibility index (Phi) is 7.50. The fourth-order valence-corrected chi connectivity index (χ4v) is 5.71.